The summed E-state index contributed by atoms with van der Waals surface area (Å²) in [5, 5.41) is 11.6. The fraction of sp³-hybridized carbons (Fsp3) is 0.333. The van der Waals surface area contributed by atoms with Gasteiger partial charge in [0.05, 0.1) is 0 Å². The van der Waals surface area contributed by atoms with Crippen LogP contribution >= 0.6 is 0 Å². The van der Waals surface area contributed by atoms with Crippen molar-refractivity contribution in [3.05, 3.63) is 41.9 Å². The highest BCUT2D eigenvalue weighted by atomic mass is 19.1. The van der Waals surface area contributed by atoms with Crippen molar-refractivity contribution in [2.75, 3.05) is 18.9 Å². The van der Waals surface area contributed by atoms with Gasteiger partial charge in [-0.2, -0.15) is 5.26 Å². The Bertz CT molecular complexity index is 517. The molecule has 0 saturated carbocycles. The number of nitrogens with one attached hydrogen (secondary N) is 1. The molecule has 0 aliphatic heterocycles. The van der Waals surface area contributed by atoms with E-state index in [9.17, 15) is 9.18 Å². The molecule has 1 amide bonds. The van der Waals surface area contributed by atoms with Gasteiger partial charge in [-0.25, -0.2) is 4.39 Å². The molecule has 0 atom stereocenters. The molecule has 4 nitrogen and oxygen atoms in total. The van der Waals surface area contributed by atoms with Crippen LogP contribution in [0, 0.1) is 17.1 Å². The number of carbonyl (C=O) groups excluding carboxylic acids is 1. The third-order valence-corrected chi connectivity index (χ3v) is 2.68. The maximum absolute atomic E-state index is 12.8. The molecule has 1 aromatic carbocycles. The van der Waals surface area contributed by atoms with Gasteiger partial charge in [-0.05, 0) is 30.7 Å². The van der Waals surface area contributed by atoms with Crippen molar-refractivity contribution in [1.29, 1.82) is 5.26 Å². The van der Waals surface area contributed by atoms with Crippen molar-refractivity contribution in [3.8, 4) is 6.07 Å². The smallest absolute Gasteiger partial charge is 0.267 e. The fourth-order valence-electron chi connectivity index (χ4n) is 1.56. The molecular weight excluding hydrogens is 257 g/mol. The molecule has 0 aromatic heterocycles. The van der Waals surface area contributed by atoms with E-state index >= 15 is 0 Å². The van der Waals surface area contributed by atoms with E-state index in [-0.39, 0.29) is 11.4 Å². The van der Waals surface area contributed by atoms with Crippen LogP contribution in [0.1, 0.15) is 19.8 Å². The van der Waals surface area contributed by atoms with Crippen LogP contribution in [-0.4, -0.2) is 24.4 Å². The van der Waals surface area contributed by atoms with E-state index in [4.69, 9.17) is 5.26 Å². The third-order valence-electron chi connectivity index (χ3n) is 2.68. The van der Waals surface area contributed by atoms with Crippen LogP contribution in [0.5, 0.6) is 0 Å². The summed E-state index contributed by atoms with van der Waals surface area (Å²) in [4.78, 5) is 13.7. The van der Waals surface area contributed by atoms with Crippen LogP contribution in [0.2, 0.25) is 0 Å². The maximum atomic E-state index is 12.8. The average Bonchev–Trinajstić information content (AvgIpc) is 2.44. The molecular formula is C15H18FN3O. The number of rotatable bonds is 6. The standard InChI is InChI=1S/C15H18FN3O/c1-3-4-9-19(2)11-12(10-17)15(20)18-14-7-5-13(16)6-8-14/h5-8,11H,3-4,9H2,1-2H3,(H,18,20)/b12-11-. The zero-order valence-corrected chi connectivity index (χ0v) is 11.7. The summed E-state index contributed by atoms with van der Waals surface area (Å²) in [7, 11) is 1.82. The van der Waals surface area contributed by atoms with Gasteiger partial charge in [-0.3, -0.25) is 4.79 Å². The molecule has 20 heavy (non-hydrogen) atoms. The zero-order valence-electron chi connectivity index (χ0n) is 11.7. The van der Waals surface area contributed by atoms with Gasteiger partial charge in [-0.1, -0.05) is 13.3 Å². The number of nitrogens with zero attached hydrogens (tertiary/aromatic N) is 2. The van der Waals surface area contributed by atoms with E-state index in [0.717, 1.165) is 19.4 Å². The molecule has 0 aliphatic rings. The zero-order chi connectivity index (χ0) is 15.0. The van der Waals surface area contributed by atoms with E-state index in [0.29, 0.717) is 5.69 Å². The van der Waals surface area contributed by atoms with Gasteiger partial charge >= 0.3 is 0 Å². The first-order valence-corrected chi connectivity index (χ1v) is 6.46. The van der Waals surface area contributed by atoms with E-state index in [1.807, 2.05) is 18.0 Å². The Morgan fingerprint density at radius 1 is 1.45 bits per heavy atom. The van der Waals surface area contributed by atoms with Crippen LogP contribution in [-0.2, 0) is 4.79 Å². The van der Waals surface area contributed by atoms with Crippen LogP contribution in [0.15, 0.2) is 36.0 Å². The number of anilines is 1. The molecule has 1 aromatic rings. The lowest BCUT2D eigenvalue weighted by Crippen LogP contribution is -2.19. The lowest BCUT2D eigenvalue weighted by atomic mass is 10.2. The number of hydrogen-bond acceptors (Lipinski definition) is 3. The summed E-state index contributed by atoms with van der Waals surface area (Å²) in [6.07, 6.45) is 3.56. The van der Waals surface area contributed by atoms with Gasteiger partial charge in [0.2, 0.25) is 0 Å². The number of nitriles is 1. The minimum absolute atomic E-state index is 0.0212. The topological polar surface area (TPSA) is 56.1 Å². The number of benzene rings is 1. The van der Waals surface area contributed by atoms with Gasteiger partial charge in [-0.15, -0.1) is 0 Å². The Labute approximate surface area is 118 Å². The Balaban J connectivity index is 2.70. The van der Waals surface area contributed by atoms with E-state index in [1.54, 1.807) is 0 Å². The van der Waals surface area contributed by atoms with Crippen molar-refractivity contribution in [3.63, 3.8) is 0 Å². The Hall–Kier alpha value is -2.35. The molecule has 5 heteroatoms. The molecule has 0 aliphatic carbocycles. The summed E-state index contributed by atoms with van der Waals surface area (Å²) < 4.78 is 12.8. The van der Waals surface area contributed by atoms with Crippen molar-refractivity contribution < 1.29 is 9.18 Å². The molecule has 0 heterocycles. The minimum atomic E-state index is -0.498. The number of unbranched alkanes of at least 4 members (excludes halogenated alkanes) is 1. The average molecular weight is 275 g/mol. The summed E-state index contributed by atoms with van der Waals surface area (Å²) in [5.74, 6) is -0.874. The second-order valence-corrected chi connectivity index (χ2v) is 4.45. The normalized spacial score (nSPS) is 10.8. The molecule has 0 unspecified atom stereocenters. The molecule has 1 rings (SSSR count). The lowest BCUT2D eigenvalue weighted by molar-refractivity contribution is -0.112. The van der Waals surface area contributed by atoms with Gasteiger partial charge in [0.15, 0.2) is 0 Å². The molecule has 0 radical (unpaired) electrons. The largest absolute Gasteiger partial charge is 0.379 e. The molecule has 0 spiro atoms. The number of hydrogen-bond donors (Lipinski definition) is 1. The van der Waals surface area contributed by atoms with Crippen LogP contribution in [0.4, 0.5) is 10.1 Å². The summed E-state index contributed by atoms with van der Waals surface area (Å²) in [5.41, 5.74) is 0.474. The van der Waals surface area contributed by atoms with Crippen molar-refractivity contribution in [1.82, 2.24) is 4.90 Å². The first-order valence-electron chi connectivity index (χ1n) is 6.46. The molecule has 0 fully saturated rings. The van der Waals surface area contributed by atoms with E-state index < -0.39 is 5.91 Å². The van der Waals surface area contributed by atoms with E-state index in [1.165, 1.54) is 30.5 Å². The monoisotopic (exact) mass is 275 g/mol. The maximum Gasteiger partial charge on any atom is 0.267 e. The van der Waals surface area contributed by atoms with E-state index in [2.05, 4.69) is 12.2 Å². The number of amides is 1. The predicted octanol–water partition coefficient (Wildman–Crippen LogP) is 2.90. The molecule has 106 valence electrons. The third kappa shape index (κ3) is 5.11. The Morgan fingerprint density at radius 2 is 2.10 bits per heavy atom. The molecule has 1 N–H and O–H groups in total. The van der Waals surface area contributed by atoms with Crippen molar-refractivity contribution in [2.24, 2.45) is 0 Å². The Morgan fingerprint density at radius 3 is 2.65 bits per heavy atom. The summed E-state index contributed by atoms with van der Waals surface area (Å²) in [6, 6.07) is 7.27. The second kappa shape index (κ2) is 7.95. The van der Waals surface area contributed by atoms with Crippen LogP contribution in [0.3, 0.4) is 0 Å². The van der Waals surface area contributed by atoms with Crippen LogP contribution in [0.25, 0.3) is 0 Å². The second-order valence-electron chi connectivity index (χ2n) is 4.45. The van der Waals surface area contributed by atoms with Gasteiger partial charge < -0.3 is 10.2 Å². The predicted molar refractivity (Wildman–Crippen MR) is 76.3 cm³/mol. The summed E-state index contributed by atoms with van der Waals surface area (Å²) in [6.45, 7) is 2.86. The summed E-state index contributed by atoms with van der Waals surface area (Å²) >= 11 is 0. The van der Waals surface area contributed by atoms with Gasteiger partial charge in [0.1, 0.15) is 17.5 Å². The SMILES string of the molecule is CCCCN(C)/C=C(/C#N)C(=O)Nc1ccc(F)cc1. The fourth-order valence-corrected chi connectivity index (χ4v) is 1.56. The molecule has 0 saturated heterocycles. The van der Waals surface area contributed by atoms with Crippen LogP contribution < -0.4 is 5.32 Å². The van der Waals surface area contributed by atoms with Crippen molar-refractivity contribution >= 4 is 11.6 Å². The van der Waals surface area contributed by atoms with Gasteiger partial charge in [0.25, 0.3) is 5.91 Å². The first-order chi connectivity index (χ1) is 9.56. The Kier molecular flexibility index (Phi) is 6.24. The first kappa shape index (κ1) is 15.7. The molecule has 0 bridgehead atoms. The quantitative estimate of drug-likeness (QED) is 0.641. The van der Waals surface area contributed by atoms with Gasteiger partial charge in [0, 0.05) is 25.5 Å². The lowest BCUT2D eigenvalue weighted by Gasteiger charge is -2.13. The van der Waals surface area contributed by atoms with Crippen molar-refractivity contribution in [2.45, 2.75) is 19.8 Å². The number of halogens is 1. The highest BCUT2D eigenvalue weighted by molar-refractivity contribution is 6.06. The minimum Gasteiger partial charge on any atom is -0.379 e. The number of carbonyl (C=O) groups is 1. The highest BCUT2D eigenvalue weighted by Gasteiger charge is 2.10. The highest BCUT2D eigenvalue weighted by Crippen LogP contribution is 2.10.